The van der Waals surface area contributed by atoms with Gasteiger partial charge in [0.1, 0.15) is 0 Å². The Morgan fingerprint density at radius 2 is 1.40 bits per heavy atom. The molecule has 64 valence electrons. The molecule has 0 spiro atoms. The minimum Gasteiger partial charge on any atom is -0.279 e. The van der Waals surface area contributed by atoms with Crippen LogP contribution in [0.4, 0.5) is 13.2 Å². The van der Waals surface area contributed by atoms with Crippen LogP contribution in [0.15, 0.2) is 0 Å². The number of hydrogen-bond donors (Lipinski definition) is 1. The maximum absolute atomic E-state index is 10.7. The average molecular weight is 245 g/mol. The Kier molecular flexibility index (Phi) is 5.31. The van der Waals surface area contributed by atoms with Gasteiger partial charge in [0.25, 0.3) is 0 Å². The van der Waals surface area contributed by atoms with Gasteiger partial charge in [0.2, 0.25) is 0 Å². The van der Waals surface area contributed by atoms with Gasteiger partial charge in [0.15, 0.2) is 0 Å². The van der Waals surface area contributed by atoms with Crippen molar-refractivity contribution in [3.8, 4) is 0 Å². The number of rotatable bonds is 0. The number of alkyl halides is 4. The molecular formula is C2H4BrF3O3S. The van der Waals surface area contributed by atoms with E-state index in [9.17, 15) is 13.2 Å². The third kappa shape index (κ3) is 5.00. The fourth-order valence-corrected chi connectivity index (χ4v) is 0. The van der Waals surface area contributed by atoms with Crippen molar-refractivity contribution in [1.82, 2.24) is 0 Å². The van der Waals surface area contributed by atoms with Crippen molar-refractivity contribution in [3.05, 3.63) is 0 Å². The van der Waals surface area contributed by atoms with Crippen molar-refractivity contribution in [2.45, 2.75) is 5.51 Å². The van der Waals surface area contributed by atoms with Crippen LogP contribution < -0.4 is 0 Å². The van der Waals surface area contributed by atoms with E-state index >= 15 is 0 Å². The molecule has 0 aromatic heterocycles. The highest BCUT2D eigenvalue weighted by Gasteiger charge is 2.44. The lowest BCUT2D eigenvalue weighted by atomic mass is 11.6. The summed E-state index contributed by atoms with van der Waals surface area (Å²) in [4.78, 5) is 0. The van der Waals surface area contributed by atoms with Crippen molar-refractivity contribution in [2.24, 2.45) is 0 Å². The smallest absolute Gasteiger partial charge is 0.279 e. The second-order valence-electron chi connectivity index (χ2n) is 0.921. The first-order valence-corrected chi connectivity index (χ1v) is 4.69. The van der Waals surface area contributed by atoms with Gasteiger partial charge in [-0.15, -0.1) is 0 Å². The summed E-state index contributed by atoms with van der Waals surface area (Å²) < 4.78 is 57.5. The molecule has 0 atom stereocenters. The van der Waals surface area contributed by atoms with Crippen LogP contribution in [0, 0.1) is 0 Å². The molecule has 3 nitrogen and oxygen atoms in total. The van der Waals surface area contributed by atoms with Crippen LogP contribution >= 0.6 is 15.9 Å². The molecule has 10 heavy (non-hydrogen) atoms. The standard InChI is InChI=1S/CH3Br.CHF3O3S/c1-2;2-1(3,4)8(5,6)7/h1H3;(H,5,6,7). The Hall–Kier alpha value is 0.180. The highest BCUT2D eigenvalue weighted by atomic mass is 79.9. The second kappa shape index (κ2) is 4.14. The number of hydrogen-bond acceptors (Lipinski definition) is 2. The van der Waals surface area contributed by atoms with Crippen LogP contribution in [-0.2, 0) is 10.1 Å². The third-order valence-corrected chi connectivity index (χ3v) is 0.877. The SMILES string of the molecule is CBr.O=S(=O)(O)C(F)(F)F. The Morgan fingerprint density at radius 3 is 1.40 bits per heavy atom. The van der Waals surface area contributed by atoms with E-state index in [1.54, 1.807) is 0 Å². The molecule has 0 saturated heterocycles. The fourth-order valence-electron chi connectivity index (χ4n) is 0. The van der Waals surface area contributed by atoms with E-state index in [1.165, 1.54) is 0 Å². The largest absolute Gasteiger partial charge is 0.522 e. The van der Waals surface area contributed by atoms with Crippen LogP contribution in [0.2, 0.25) is 0 Å². The van der Waals surface area contributed by atoms with Crippen molar-refractivity contribution < 1.29 is 26.1 Å². The molecule has 0 aliphatic heterocycles. The Balaban J connectivity index is 0. The first-order chi connectivity index (χ1) is 4.25. The van der Waals surface area contributed by atoms with Gasteiger partial charge in [0.05, 0.1) is 0 Å². The van der Waals surface area contributed by atoms with Crippen LogP contribution in [0.5, 0.6) is 0 Å². The van der Waals surface area contributed by atoms with E-state index < -0.39 is 15.6 Å². The van der Waals surface area contributed by atoms with Gasteiger partial charge in [-0.05, 0) is 5.83 Å². The zero-order valence-electron chi connectivity index (χ0n) is 4.68. The van der Waals surface area contributed by atoms with E-state index in [1.807, 2.05) is 5.83 Å². The van der Waals surface area contributed by atoms with Gasteiger partial charge in [-0.25, -0.2) is 0 Å². The maximum atomic E-state index is 10.7. The molecular weight excluding hydrogens is 241 g/mol. The van der Waals surface area contributed by atoms with Crippen LogP contribution in [0.3, 0.4) is 0 Å². The third-order valence-electron chi connectivity index (χ3n) is 0.292. The summed E-state index contributed by atoms with van der Waals surface area (Å²) in [6, 6.07) is 0. The van der Waals surface area contributed by atoms with Gasteiger partial charge >= 0.3 is 15.6 Å². The summed E-state index contributed by atoms with van der Waals surface area (Å²) >= 11 is 2.94. The van der Waals surface area contributed by atoms with Crippen molar-refractivity contribution in [2.75, 3.05) is 5.83 Å². The van der Waals surface area contributed by atoms with Crippen LogP contribution in [0.1, 0.15) is 0 Å². The highest BCUT2D eigenvalue weighted by molar-refractivity contribution is 9.08. The first kappa shape index (κ1) is 12.8. The van der Waals surface area contributed by atoms with Gasteiger partial charge in [-0.2, -0.15) is 21.6 Å². The molecule has 0 aliphatic rings. The lowest BCUT2D eigenvalue weighted by Crippen LogP contribution is -2.21. The van der Waals surface area contributed by atoms with Crippen LogP contribution in [-0.4, -0.2) is 24.3 Å². The normalized spacial score (nSPS) is 11.8. The van der Waals surface area contributed by atoms with E-state index in [0.717, 1.165) is 0 Å². The Bertz CT molecular complexity index is 171. The Morgan fingerprint density at radius 1 is 1.30 bits per heavy atom. The second-order valence-corrected chi connectivity index (χ2v) is 2.33. The van der Waals surface area contributed by atoms with E-state index in [-0.39, 0.29) is 0 Å². The molecule has 0 bridgehead atoms. The molecule has 8 heteroatoms. The van der Waals surface area contributed by atoms with E-state index in [2.05, 4.69) is 15.9 Å². The molecule has 0 aromatic rings. The van der Waals surface area contributed by atoms with Gasteiger partial charge in [-0.1, -0.05) is 15.9 Å². The molecule has 0 aliphatic carbocycles. The highest BCUT2D eigenvalue weighted by Crippen LogP contribution is 2.20. The van der Waals surface area contributed by atoms with Gasteiger partial charge in [0, 0.05) is 0 Å². The molecule has 1 N–H and O–H groups in total. The van der Waals surface area contributed by atoms with Gasteiger partial charge in [-0.3, -0.25) is 4.55 Å². The predicted octanol–water partition coefficient (Wildman–Crippen LogP) is 1.41. The molecule has 0 fully saturated rings. The average Bonchev–Trinajstić information content (AvgIpc) is 1.66. The molecule has 0 heterocycles. The summed E-state index contributed by atoms with van der Waals surface area (Å²) in [5.41, 5.74) is -5.53. The van der Waals surface area contributed by atoms with Crippen molar-refractivity contribution >= 4 is 26.0 Å². The zero-order chi connectivity index (χ0) is 9.00. The quantitative estimate of drug-likeness (QED) is 0.398. The topological polar surface area (TPSA) is 54.4 Å². The summed E-state index contributed by atoms with van der Waals surface area (Å²) in [6.07, 6.45) is 0. The summed E-state index contributed by atoms with van der Waals surface area (Å²) in [5, 5.41) is 0. The summed E-state index contributed by atoms with van der Waals surface area (Å²) in [6.45, 7) is 0. The minimum absolute atomic E-state index is 1.81. The first-order valence-electron chi connectivity index (χ1n) is 1.66. The fraction of sp³-hybridized carbons (Fsp3) is 1.00. The molecule has 0 saturated carbocycles. The van der Waals surface area contributed by atoms with E-state index in [4.69, 9.17) is 13.0 Å². The maximum Gasteiger partial charge on any atom is 0.522 e. The number of halogens is 4. The summed E-state index contributed by atoms with van der Waals surface area (Å²) in [7, 11) is -5.84. The predicted molar refractivity (Wildman–Crippen MR) is 32.5 cm³/mol. The van der Waals surface area contributed by atoms with Crippen molar-refractivity contribution in [1.29, 1.82) is 0 Å². The molecule has 0 radical (unpaired) electrons. The van der Waals surface area contributed by atoms with Crippen LogP contribution in [0.25, 0.3) is 0 Å². The molecule has 0 rings (SSSR count). The molecule has 0 amide bonds. The molecule has 0 unspecified atom stereocenters. The zero-order valence-corrected chi connectivity index (χ0v) is 7.09. The lowest BCUT2D eigenvalue weighted by molar-refractivity contribution is -0.0510. The summed E-state index contributed by atoms with van der Waals surface area (Å²) in [5.74, 6) is 1.81. The molecule has 0 aromatic carbocycles. The van der Waals surface area contributed by atoms with Crippen molar-refractivity contribution in [3.63, 3.8) is 0 Å². The minimum atomic E-state index is -5.84. The van der Waals surface area contributed by atoms with Gasteiger partial charge < -0.3 is 0 Å². The Labute approximate surface area is 64.1 Å². The van der Waals surface area contributed by atoms with E-state index in [0.29, 0.717) is 0 Å². The lowest BCUT2D eigenvalue weighted by Gasteiger charge is -1.97. The monoisotopic (exact) mass is 244 g/mol.